The lowest BCUT2D eigenvalue weighted by Gasteiger charge is -2.24. The molecule has 1 unspecified atom stereocenters. The summed E-state index contributed by atoms with van der Waals surface area (Å²) in [5, 5.41) is 0.692. The maximum atomic E-state index is 13.7. The molecule has 8 heteroatoms. The topological polar surface area (TPSA) is 81.9 Å². The molecule has 5 rings (SSSR count). The van der Waals surface area contributed by atoms with Crippen LogP contribution in [0.25, 0.3) is 11.0 Å². The van der Waals surface area contributed by atoms with Gasteiger partial charge in [-0.3, -0.25) is 14.5 Å². The number of hydrogen-bond donors (Lipinski definition) is 0. The summed E-state index contributed by atoms with van der Waals surface area (Å²) in [5.41, 5.74) is 0.803. The van der Waals surface area contributed by atoms with E-state index in [1.807, 2.05) is 0 Å². The lowest BCUT2D eigenvalue weighted by atomic mass is 9.98. The van der Waals surface area contributed by atoms with Crippen LogP contribution in [0.15, 0.2) is 82.7 Å². The molecule has 0 aliphatic carbocycles. The van der Waals surface area contributed by atoms with Crippen molar-refractivity contribution < 1.29 is 18.7 Å². The van der Waals surface area contributed by atoms with E-state index < -0.39 is 11.9 Å². The lowest BCUT2D eigenvalue weighted by Crippen LogP contribution is -2.30. The molecule has 7 nitrogen and oxygen atoms in total. The Morgan fingerprint density at radius 3 is 2.74 bits per heavy atom. The molecule has 0 saturated carbocycles. The number of amides is 1. The maximum absolute atomic E-state index is 13.7. The largest absolute Gasteiger partial charge is 0.493 e. The second-order valence-corrected chi connectivity index (χ2v) is 8.03. The molecule has 3 heterocycles. The van der Waals surface area contributed by atoms with E-state index in [2.05, 4.69) is 11.6 Å². The molecule has 0 saturated heterocycles. The van der Waals surface area contributed by atoms with Crippen molar-refractivity contribution in [1.82, 2.24) is 4.98 Å². The minimum atomic E-state index is -0.792. The zero-order valence-electron chi connectivity index (χ0n) is 18.2. The average Bonchev–Trinajstić information content (AvgIpc) is 3.16. The van der Waals surface area contributed by atoms with Crippen LogP contribution in [0, 0.1) is 0 Å². The van der Waals surface area contributed by atoms with E-state index in [1.54, 1.807) is 66.9 Å². The number of halogens is 1. The van der Waals surface area contributed by atoms with Gasteiger partial charge in [-0.05, 0) is 48.0 Å². The summed E-state index contributed by atoms with van der Waals surface area (Å²) in [4.78, 5) is 33.0. The highest BCUT2D eigenvalue weighted by atomic mass is 35.5. The number of fused-ring (bicyclic) bond motifs is 2. The third-order valence-electron chi connectivity index (χ3n) is 5.59. The van der Waals surface area contributed by atoms with Crippen LogP contribution >= 0.6 is 11.6 Å². The highest BCUT2D eigenvalue weighted by Gasteiger charge is 2.44. The van der Waals surface area contributed by atoms with Crippen LogP contribution < -0.4 is 19.8 Å². The van der Waals surface area contributed by atoms with Crippen LogP contribution in [0.4, 0.5) is 5.82 Å². The minimum Gasteiger partial charge on any atom is -0.493 e. The minimum absolute atomic E-state index is 0.0265. The molecule has 1 aliphatic rings. The van der Waals surface area contributed by atoms with E-state index >= 15 is 0 Å². The summed E-state index contributed by atoms with van der Waals surface area (Å²) in [5.74, 6) is 0.864. The molecule has 0 fully saturated rings. The van der Waals surface area contributed by atoms with Crippen molar-refractivity contribution in [2.24, 2.45) is 0 Å². The predicted molar refractivity (Wildman–Crippen MR) is 129 cm³/mol. The zero-order valence-corrected chi connectivity index (χ0v) is 18.9. The van der Waals surface area contributed by atoms with Gasteiger partial charge in [0.25, 0.3) is 5.91 Å². The number of ether oxygens (including phenoxy) is 2. The van der Waals surface area contributed by atoms with Crippen molar-refractivity contribution in [2.75, 3.05) is 18.6 Å². The Bertz CT molecular complexity index is 1480. The first-order chi connectivity index (χ1) is 16.5. The molecular formula is C26H19ClN2O5. The monoisotopic (exact) mass is 474 g/mol. The number of aromatic nitrogens is 1. The predicted octanol–water partition coefficient (Wildman–Crippen LogP) is 5.16. The Morgan fingerprint density at radius 2 is 2.00 bits per heavy atom. The van der Waals surface area contributed by atoms with Gasteiger partial charge in [-0.25, -0.2) is 4.98 Å². The van der Waals surface area contributed by atoms with Crippen molar-refractivity contribution in [3.63, 3.8) is 0 Å². The van der Waals surface area contributed by atoms with Crippen LogP contribution in [0.2, 0.25) is 5.02 Å². The Balaban J connectivity index is 1.76. The highest BCUT2D eigenvalue weighted by Crippen LogP contribution is 2.42. The molecule has 0 N–H and O–H groups in total. The fourth-order valence-corrected chi connectivity index (χ4v) is 4.29. The molecule has 0 spiro atoms. The van der Waals surface area contributed by atoms with E-state index in [1.165, 1.54) is 12.0 Å². The van der Waals surface area contributed by atoms with Gasteiger partial charge in [0.15, 0.2) is 16.9 Å². The molecule has 0 bridgehead atoms. The van der Waals surface area contributed by atoms with Gasteiger partial charge in [-0.15, -0.1) is 0 Å². The van der Waals surface area contributed by atoms with Gasteiger partial charge < -0.3 is 13.9 Å². The van der Waals surface area contributed by atoms with Gasteiger partial charge in [0, 0.05) is 11.2 Å². The first-order valence-corrected chi connectivity index (χ1v) is 10.8. The number of nitrogens with zero attached hydrogens (tertiary/aromatic N) is 2. The van der Waals surface area contributed by atoms with Crippen LogP contribution in [-0.2, 0) is 0 Å². The van der Waals surface area contributed by atoms with Gasteiger partial charge in [0.2, 0.25) is 5.76 Å². The Labute approximate surface area is 199 Å². The Morgan fingerprint density at radius 1 is 1.15 bits per heavy atom. The fourth-order valence-electron chi connectivity index (χ4n) is 4.12. The summed E-state index contributed by atoms with van der Waals surface area (Å²) in [6.07, 6.45) is 3.21. The smallest absolute Gasteiger partial charge is 0.296 e. The number of carbonyl (C=O) groups excluding carboxylic acids is 1. The number of hydrogen-bond acceptors (Lipinski definition) is 6. The summed E-state index contributed by atoms with van der Waals surface area (Å²) in [6, 6.07) is 14.4. The normalized spacial score (nSPS) is 14.8. The van der Waals surface area contributed by atoms with Crippen molar-refractivity contribution in [2.45, 2.75) is 6.04 Å². The molecule has 0 radical (unpaired) electrons. The molecule has 34 heavy (non-hydrogen) atoms. The average molecular weight is 475 g/mol. The third kappa shape index (κ3) is 3.50. The maximum Gasteiger partial charge on any atom is 0.296 e. The summed E-state index contributed by atoms with van der Waals surface area (Å²) in [7, 11) is 1.52. The number of carbonyl (C=O) groups is 1. The van der Waals surface area contributed by atoms with Crippen LogP contribution in [-0.4, -0.2) is 24.6 Å². The quantitative estimate of drug-likeness (QED) is 0.359. The van der Waals surface area contributed by atoms with Gasteiger partial charge in [-0.2, -0.15) is 0 Å². The SMILES string of the molecule is C=CCOc1ccc(C2c3c(oc4ccc(Cl)cc4c3=O)C(=O)N2c2ccccn2)cc1OC. The van der Waals surface area contributed by atoms with E-state index in [9.17, 15) is 9.59 Å². The fraction of sp³-hybridized carbons (Fsp3) is 0.115. The van der Waals surface area contributed by atoms with E-state index in [4.69, 9.17) is 25.5 Å². The number of anilines is 1. The van der Waals surface area contributed by atoms with E-state index in [-0.39, 0.29) is 22.3 Å². The number of benzene rings is 2. The third-order valence-corrected chi connectivity index (χ3v) is 5.82. The first kappa shape index (κ1) is 21.7. The molecule has 1 amide bonds. The summed E-state index contributed by atoms with van der Waals surface area (Å²) >= 11 is 6.14. The van der Waals surface area contributed by atoms with Gasteiger partial charge >= 0.3 is 0 Å². The Kier molecular flexibility index (Phi) is 5.55. The van der Waals surface area contributed by atoms with Crippen molar-refractivity contribution >= 4 is 34.3 Å². The van der Waals surface area contributed by atoms with Gasteiger partial charge in [-0.1, -0.05) is 36.4 Å². The number of rotatable bonds is 6. The summed E-state index contributed by atoms with van der Waals surface area (Å²) in [6.45, 7) is 3.96. The highest BCUT2D eigenvalue weighted by molar-refractivity contribution is 6.31. The number of methoxy groups -OCH3 is 1. The first-order valence-electron chi connectivity index (χ1n) is 10.5. The van der Waals surface area contributed by atoms with Crippen LogP contribution in [0.3, 0.4) is 0 Å². The molecule has 2 aromatic heterocycles. The van der Waals surface area contributed by atoms with Crippen LogP contribution in [0.5, 0.6) is 11.5 Å². The molecule has 2 aromatic carbocycles. The van der Waals surface area contributed by atoms with Crippen molar-refractivity contribution in [1.29, 1.82) is 0 Å². The zero-order chi connectivity index (χ0) is 23.8. The summed E-state index contributed by atoms with van der Waals surface area (Å²) < 4.78 is 17.1. The second kappa shape index (κ2) is 8.68. The van der Waals surface area contributed by atoms with Crippen LogP contribution in [0.1, 0.15) is 27.7 Å². The lowest BCUT2D eigenvalue weighted by molar-refractivity contribution is 0.0970. The molecule has 170 valence electrons. The van der Waals surface area contributed by atoms with Crippen molar-refractivity contribution in [3.8, 4) is 11.5 Å². The van der Waals surface area contributed by atoms with Crippen molar-refractivity contribution in [3.05, 3.63) is 106 Å². The molecule has 1 aliphatic heterocycles. The van der Waals surface area contributed by atoms with Gasteiger partial charge in [0.05, 0.1) is 24.1 Å². The Hall–Kier alpha value is -4.10. The van der Waals surface area contributed by atoms with E-state index in [0.717, 1.165) is 0 Å². The van der Waals surface area contributed by atoms with E-state index in [0.29, 0.717) is 39.9 Å². The standard InChI is InChI=1S/C26H19ClN2O5/c1-3-12-33-19-9-7-15(13-20(19)32-2)23-22-24(30)17-14-16(27)8-10-18(17)34-25(22)26(31)29(23)21-6-4-5-11-28-21/h3-11,13-14,23H,1,12H2,2H3. The molecular weight excluding hydrogens is 456 g/mol. The van der Waals surface area contributed by atoms with Gasteiger partial charge in [0.1, 0.15) is 18.0 Å². The number of pyridine rings is 1. The molecule has 1 atom stereocenters. The second-order valence-electron chi connectivity index (χ2n) is 7.59. The molecule has 4 aromatic rings.